The number of sulfone groups is 1. The van der Waals surface area contributed by atoms with Gasteiger partial charge in [-0.25, -0.2) is 8.42 Å². The summed E-state index contributed by atoms with van der Waals surface area (Å²) in [5.41, 5.74) is 1.74. The Hall–Kier alpha value is -2.94. The Morgan fingerprint density at radius 3 is 2.32 bits per heavy atom. The Kier molecular flexibility index (Phi) is 7.94. The summed E-state index contributed by atoms with van der Waals surface area (Å²) in [5.74, 6) is -1.10. The Balaban J connectivity index is 1.64. The second-order valence-electron chi connectivity index (χ2n) is 6.26. The molecule has 2 N–H and O–H groups in total. The van der Waals surface area contributed by atoms with Crippen molar-refractivity contribution in [1.29, 1.82) is 0 Å². The summed E-state index contributed by atoms with van der Waals surface area (Å²) in [5, 5.41) is 16.1. The molecule has 0 aliphatic heterocycles. The van der Waals surface area contributed by atoms with Gasteiger partial charge >= 0.3 is 0 Å². The fourth-order valence-corrected chi connectivity index (χ4v) is 3.80. The van der Waals surface area contributed by atoms with Crippen molar-refractivity contribution < 1.29 is 18.1 Å². The van der Waals surface area contributed by atoms with E-state index in [1.165, 1.54) is 12.1 Å². The van der Waals surface area contributed by atoms with E-state index < -0.39 is 26.4 Å². The molecule has 0 aromatic heterocycles. The van der Waals surface area contributed by atoms with E-state index in [1.54, 1.807) is 12.1 Å². The summed E-state index contributed by atoms with van der Waals surface area (Å²) in [6, 6.07) is 15.5. The van der Waals surface area contributed by atoms with Crippen LogP contribution in [0.4, 0.5) is 11.4 Å². The highest BCUT2D eigenvalue weighted by Gasteiger charge is 2.16. The molecule has 8 nitrogen and oxygen atoms in total. The highest BCUT2D eigenvalue weighted by molar-refractivity contribution is 7.92. The standard InChI is InChI=1S/C19H23N3O5S/c23-19(15-28(26,27)14-4-7-16-5-2-1-3-6-16)21-13-12-20-17-8-10-18(11-9-17)22(24)25/h1-3,5-6,8-11,20H,4,7,12-15H2,(H,21,23). The molecule has 1 amide bonds. The summed E-state index contributed by atoms with van der Waals surface area (Å²) in [6.07, 6.45) is 1.13. The van der Waals surface area contributed by atoms with E-state index in [-0.39, 0.29) is 18.0 Å². The van der Waals surface area contributed by atoms with Crippen molar-refractivity contribution in [3.8, 4) is 0 Å². The van der Waals surface area contributed by atoms with Crippen molar-refractivity contribution >= 4 is 27.1 Å². The zero-order chi connectivity index (χ0) is 20.4. The summed E-state index contributed by atoms with van der Waals surface area (Å²) in [4.78, 5) is 21.9. The van der Waals surface area contributed by atoms with E-state index in [4.69, 9.17) is 0 Å². The van der Waals surface area contributed by atoms with E-state index in [1.807, 2.05) is 30.3 Å². The predicted molar refractivity (Wildman–Crippen MR) is 108 cm³/mol. The van der Waals surface area contributed by atoms with Gasteiger partial charge in [0.05, 0.1) is 10.7 Å². The highest BCUT2D eigenvalue weighted by Crippen LogP contribution is 2.14. The Morgan fingerprint density at radius 1 is 1.00 bits per heavy atom. The molecule has 0 atom stereocenters. The summed E-state index contributed by atoms with van der Waals surface area (Å²) in [7, 11) is -3.45. The maximum absolute atomic E-state index is 12.0. The number of hydrogen-bond acceptors (Lipinski definition) is 6. The van der Waals surface area contributed by atoms with Crippen LogP contribution in [0.3, 0.4) is 0 Å². The molecule has 0 aliphatic rings. The number of nitro groups is 1. The van der Waals surface area contributed by atoms with Crippen LogP contribution in [0, 0.1) is 10.1 Å². The number of non-ortho nitro benzene ring substituents is 1. The molecule has 0 radical (unpaired) electrons. The minimum Gasteiger partial charge on any atom is -0.383 e. The summed E-state index contributed by atoms with van der Waals surface area (Å²) in [6.45, 7) is 0.618. The molecular formula is C19H23N3O5S. The largest absolute Gasteiger partial charge is 0.383 e. The number of nitro benzene ring substituents is 1. The smallest absolute Gasteiger partial charge is 0.269 e. The third-order valence-corrected chi connectivity index (χ3v) is 5.58. The lowest BCUT2D eigenvalue weighted by Crippen LogP contribution is -2.34. The minimum absolute atomic E-state index is 0.00340. The SMILES string of the molecule is O=C(CS(=O)(=O)CCCc1ccccc1)NCCNc1ccc([N+](=O)[O-])cc1. The quantitative estimate of drug-likeness (QED) is 0.336. The normalized spacial score (nSPS) is 11.0. The fourth-order valence-electron chi connectivity index (χ4n) is 2.57. The second kappa shape index (κ2) is 10.4. The summed E-state index contributed by atoms with van der Waals surface area (Å²) >= 11 is 0. The molecule has 0 fully saturated rings. The van der Waals surface area contributed by atoms with Crippen molar-refractivity contribution in [3.63, 3.8) is 0 Å². The minimum atomic E-state index is -3.45. The maximum Gasteiger partial charge on any atom is 0.269 e. The van der Waals surface area contributed by atoms with Gasteiger partial charge in [0.2, 0.25) is 5.91 Å². The monoisotopic (exact) mass is 405 g/mol. The van der Waals surface area contributed by atoms with Gasteiger partial charge in [-0.05, 0) is 30.5 Å². The fraction of sp³-hybridized carbons (Fsp3) is 0.316. The van der Waals surface area contributed by atoms with E-state index in [0.717, 1.165) is 5.56 Å². The van der Waals surface area contributed by atoms with Gasteiger partial charge in [-0.3, -0.25) is 14.9 Å². The van der Waals surface area contributed by atoms with Gasteiger partial charge in [-0.15, -0.1) is 0 Å². The molecule has 2 aromatic rings. The Labute approximate surface area is 164 Å². The van der Waals surface area contributed by atoms with Gasteiger partial charge in [0.15, 0.2) is 9.84 Å². The van der Waals surface area contributed by atoms with Crippen molar-refractivity contribution in [2.24, 2.45) is 0 Å². The molecule has 2 aromatic carbocycles. The Morgan fingerprint density at radius 2 is 1.68 bits per heavy atom. The number of aryl methyl sites for hydroxylation is 1. The first-order valence-corrected chi connectivity index (χ1v) is 10.7. The van der Waals surface area contributed by atoms with Crippen LogP contribution in [0.25, 0.3) is 0 Å². The predicted octanol–water partition coefficient (Wildman–Crippen LogP) is 2.17. The molecule has 0 heterocycles. The first-order chi connectivity index (χ1) is 13.4. The van der Waals surface area contributed by atoms with Crippen LogP contribution in [0.1, 0.15) is 12.0 Å². The van der Waals surface area contributed by atoms with Gasteiger partial charge in [0.25, 0.3) is 5.69 Å². The van der Waals surface area contributed by atoms with E-state index in [0.29, 0.717) is 25.1 Å². The third kappa shape index (κ3) is 7.75. The number of nitrogens with one attached hydrogen (secondary N) is 2. The van der Waals surface area contributed by atoms with Crippen molar-refractivity contribution in [2.75, 3.05) is 29.9 Å². The topological polar surface area (TPSA) is 118 Å². The lowest BCUT2D eigenvalue weighted by molar-refractivity contribution is -0.384. The van der Waals surface area contributed by atoms with Crippen LogP contribution in [-0.2, 0) is 21.1 Å². The van der Waals surface area contributed by atoms with Gasteiger partial charge in [-0.1, -0.05) is 30.3 Å². The summed E-state index contributed by atoms with van der Waals surface area (Å²) < 4.78 is 24.1. The number of rotatable bonds is 11. The number of nitrogens with zero attached hydrogens (tertiary/aromatic N) is 1. The van der Waals surface area contributed by atoms with E-state index >= 15 is 0 Å². The number of carbonyl (C=O) groups excluding carboxylic acids is 1. The molecule has 28 heavy (non-hydrogen) atoms. The molecule has 0 spiro atoms. The van der Waals surface area contributed by atoms with Crippen LogP contribution in [0.5, 0.6) is 0 Å². The zero-order valence-corrected chi connectivity index (χ0v) is 16.2. The average Bonchev–Trinajstić information content (AvgIpc) is 2.66. The van der Waals surface area contributed by atoms with Crippen LogP contribution in [0.15, 0.2) is 54.6 Å². The number of hydrogen-bond donors (Lipinski definition) is 2. The van der Waals surface area contributed by atoms with Crippen LogP contribution in [-0.4, -0.2) is 43.8 Å². The average molecular weight is 405 g/mol. The lowest BCUT2D eigenvalue weighted by atomic mass is 10.1. The molecular weight excluding hydrogens is 382 g/mol. The first kappa shape index (κ1) is 21.4. The Bertz CT molecular complexity index is 884. The third-order valence-electron chi connectivity index (χ3n) is 3.97. The number of carbonyl (C=O) groups is 1. The molecule has 0 bridgehead atoms. The first-order valence-electron chi connectivity index (χ1n) is 8.85. The lowest BCUT2D eigenvalue weighted by Gasteiger charge is -2.08. The van der Waals surface area contributed by atoms with Crippen LogP contribution < -0.4 is 10.6 Å². The molecule has 0 aliphatic carbocycles. The molecule has 0 saturated heterocycles. The second-order valence-corrected chi connectivity index (χ2v) is 8.45. The molecule has 0 unspecified atom stereocenters. The van der Waals surface area contributed by atoms with E-state index in [2.05, 4.69) is 10.6 Å². The highest BCUT2D eigenvalue weighted by atomic mass is 32.2. The number of amides is 1. The maximum atomic E-state index is 12.0. The van der Waals surface area contributed by atoms with Crippen LogP contribution >= 0.6 is 0 Å². The zero-order valence-electron chi connectivity index (χ0n) is 15.3. The van der Waals surface area contributed by atoms with Crippen molar-refractivity contribution in [2.45, 2.75) is 12.8 Å². The molecule has 2 rings (SSSR count). The molecule has 0 saturated carbocycles. The molecule has 150 valence electrons. The van der Waals surface area contributed by atoms with Gasteiger partial charge in [0, 0.05) is 30.9 Å². The number of anilines is 1. The van der Waals surface area contributed by atoms with Crippen molar-refractivity contribution in [1.82, 2.24) is 5.32 Å². The van der Waals surface area contributed by atoms with Crippen LogP contribution in [0.2, 0.25) is 0 Å². The van der Waals surface area contributed by atoms with Crippen molar-refractivity contribution in [3.05, 3.63) is 70.3 Å². The number of benzene rings is 2. The van der Waals surface area contributed by atoms with Gasteiger partial charge < -0.3 is 10.6 Å². The van der Waals surface area contributed by atoms with Gasteiger partial charge in [-0.2, -0.15) is 0 Å². The molecule has 9 heteroatoms. The van der Waals surface area contributed by atoms with E-state index in [9.17, 15) is 23.3 Å². The van der Waals surface area contributed by atoms with Gasteiger partial charge in [0.1, 0.15) is 5.75 Å².